The van der Waals surface area contributed by atoms with E-state index < -0.39 is 0 Å². The molecule has 124 valence electrons. The van der Waals surface area contributed by atoms with Crippen molar-refractivity contribution in [3.05, 3.63) is 64.6 Å². The maximum absolute atomic E-state index is 14.0. The van der Waals surface area contributed by atoms with Crippen molar-refractivity contribution in [2.75, 3.05) is 12.3 Å². The first-order chi connectivity index (χ1) is 11.5. The van der Waals surface area contributed by atoms with Crippen molar-refractivity contribution in [2.24, 2.45) is 0 Å². The summed E-state index contributed by atoms with van der Waals surface area (Å²) in [6.45, 7) is 4.37. The Morgan fingerprint density at radius 3 is 2.58 bits per heavy atom. The van der Waals surface area contributed by atoms with Crippen LogP contribution < -0.4 is 11.1 Å². The topological polar surface area (TPSA) is 70.9 Å². The van der Waals surface area contributed by atoms with E-state index in [1.807, 2.05) is 13.8 Å². The monoisotopic (exact) mass is 325 g/mol. The Hall–Kier alpha value is -2.82. The molecule has 0 radical (unpaired) electrons. The minimum atomic E-state index is -0.254. The highest BCUT2D eigenvalue weighted by atomic mass is 19.1. The van der Waals surface area contributed by atoms with Crippen molar-refractivity contribution in [1.82, 2.24) is 10.3 Å². The van der Waals surface area contributed by atoms with Gasteiger partial charge in [-0.2, -0.15) is 0 Å². The fraction of sp³-hybridized carbons (Fsp3) is 0.211. The van der Waals surface area contributed by atoms with Gasteiger partial charge in [-0.3, -0.25) is 4.79 Å². The van der Waals surface area contributed by atoms with Crippen molar-refractivity contribution < 1.29 is 9.18 Å². The van der Waals surface area contributed by atoms with E-state index in [1.165, 1.54) is 6.07 Å². The second-order valence-corrected chi connectivity index (χ2v) is 5.97. The molecule has 1 amide bonds. The van der Waals surface area contributed by atoms with Crippen molar-refractivity contribution >= 4 is 22.5 Å². The smallest absolute Gasteiger partial charge is 0.251 e. The van der Waals surface area contributed by atoms with E-state index >= 15 is 0 Å². The van der Waals surface area contributed by atoms with E-state index in [1.54, 1.807) is 30.3 Å². The summed E-state index contributed by atoms with van der Waals surface area (Å²) in [6, 6.07) is 10.0. The number of carbonyl (C=O) groups is 1. The van der Waals surface area contributed by atoms with Gasteiger partial charge < -0.3 is 16.0 Å². The van der Waals surface area contributed by atoms with Crippen molar-refractivity contribution in [3.63, 3.8) is 0 Å². The van der Waals surface area contributed by atoms with E-state index in [0.29, 0.717) is 29.7 Å². The lowest BCUT2D eigenvalue weighted by Gasteiger charge is -2.07. The second kappa shape index (κ2) is 6.35. The molecule has 4 N–H and O–H groups in total. The third-order valence-corrected chi connectivity index (χ3v) is 4.26. The minimum Gasteiger partial charge on any atom is -0.399 e. The number of carbonyl (C=O) groups excluding carboxylic acids is 1. The summed E-state index contributed by atoms with van der Waals surface area (Å²) in [5.74, 6) is -0.397. The Morgan fingerprint density at radius 2 is 1.88 bits per heavy atom. The number of benzene rings is 2. The fourth-order valence-corrected chi connectivity index (χ4v) is 2.99. The maximum Gasteiger partial charge on any atom is 0.251 e. The highest BCUT2D eigenvalue weighted by Crippen LogP contribution is 2.27. The van der Waals surface area contributed by atoms with Crippen molar-refractivity contribution in [2.45, 2.75) is 20.3 Å². The lowest BCUT2D eigenvalue weighted by molar-refractivity contribution is 0.0954. The first kappa shape index (κ1) is 16.1. The van der Waals surface area contributed by atoms with E-state index in [-0.39, 0.29) is 11.7 Å². The number of hydrogen-bond acceptors (Lipinski definition) is 2. The molecule has 4 nitrogen and oxygen atoms in total. The first-order valence-corrected chi connectivity index (χ1v) is 7.87. The Morgan fingerprint density at radius 1 is 1.17 bits per heavy atom. The lowest BCUT2D eigenvalue weighted by atomic mass is 10.0. The first-order valence-electron chi connectivity index (χ1n) is 7.87. The number of anilines is 1. The Kier molecular flexibility index (Phi) is 4.25. The summed E-state index contributed by atoms with van der Waals surface area (Å²) in [5, 5.41) is 3.81. The molecule has 1 heterocycles. The summed E-state index contributed by atoms with van der Waals surface area (Å²) in [7, 11) is 0. The van der Waals surface area contributed by atoms with Gasteiger partial charge in [0, 0.05) is 28.9 Å². The van der Waals surface area contributed by atoms with Crippen LogP contribution in [0.3, 0.4) is 0 Å². The maximum atomic E-state index is 14.0. The molecule has 24 heavy (non-hydrogen) atoms. The van der Waals surface area contributed by atoms with Gasteiger partial charge in [0.25, 0.3) is 5.91 Å². The fourth-order valence-electron chi connectivity index (χ4n) is 2.99. The normalized spacial score (nSPS) is 11.0. The van der Waals surface area contributed by atoms with Crippen molar-refractivity contribution in [3.8, 4) is 0 Å². The molecule has 0 saturated carbocycles. The molecule has 1 aromatic heterocycles. The van der Waals surface area contributed by atoms with Crippen LogP contribution in [0.25, 0.3) is 10.9 Å². The molecule has 0 unspecified atom stereocenters. The van der Waals surface area contributed by atoms with Gasteiger partial charge in [0.05, 0.1) is 5.52 Å². The zero-order valence-corrected chi connectivity index (χ0v) is 13.7. The third-order valence-electron chi connectivity index (χ3n) is 4.26. The molecule has 3 rings (SSSR count). The number of H-pyrrole nitrogens is 1. The van der Waals surface area contributed by atoms with Gasteiger partial charge >= 0.3 is 0 Å². The second-order valence-electron chi connectivity index (χ2n) is 5.97. The summed E-state index contributed by atoms with van der Waals surface area (Å²) in [6.07, 6.45) is 0.636. The summed E-state index contributed by atoms with van der Waals surface area (Å²) in [5.41, 5.74) is 10.3. The average Bonchev–Trinajstić information content (AvgIpc) is 2.90. The molecule has 0 aliphatic carbocycles. The number of nitrogens with one attached hydrogen (secondary N) is 2. The summed E-state index contributed by atoms with van der Waals surface area (Å²) in [4.78, 5) is 15.2. The van der Waals surface area contributed by atoms with Crippen LogP contribution in [0.4, 0.5) is 10.1 Å². The van der Waals surface area contributed by atoms with Crippen LogP contribution in [0.2, 0.25) is 0 Å². The molecule has 0 saturated heterocycles. The minimum absolute atomic E-state index is 0.143. The predicted molar refractivity (Wildman–Crippen MR) is 94.6 cm³/mol. The van der Waals surface area contributed by atoms with Crippen LogP contribution in [-0.2, 0) is 6.42 Å². The van der Waals surface area contributed by atoms with Crippen LogP contribution in [0, 0.1) is 19.7 Å². The molecule has 2 aromatic carbocycles. The molecule has 0 atom stereocenters. The quantitative estimate of drug-likeness (QED) is 0.643. The largest absolute Gasteiger partial charge is 0.399 e. The van der Waals surface area contributed by atoms with Gasteiger partial charge in [-0.1, -0.05) is 6.07 Å². The zero-order valence-electron chi connectivity index (χ0n) is 13.7. The Balaban J connectivity index is 1.74. The number of aromatic nitrogens is 1. The number of halogens is 1. The van der Waals surface area contributed by atoms with E-state index in [2.05, 4.69) is 10.3 Å². The predicted octanol–water partition coefficient (Wildman–Crippen LogP) is 3.48. The van der Waals surface area contributed by atoms with Crippen LogP contribution in [-0.4, -0.2) is 17.4 Å². The molecule has 0 aliphatic heterocycles. The molecular weight excluding hydrogens is 305 g/mol. The van der Waals surface area contributed by atoms with Crippen molar-refractivity contribution in [1.29, 1.82) is 0 Å². The molecule has 0 fully saturated rings. The lowest BCUT2D eigenvalue weighted by Crippen LogP contribution is -2.25. The number of nitrogen functional groups attached to an aromatic ring is 1. The number of amides is 1. The van der Waals surface area contributed by atoms with Crippen LogP contribution >= 0.6 is 0 Å². The van der Waals surface area contributed by atoms with Crippen LogP contribution in [0.15, 0.2) is 36.4 Å². The number of hydrogen-bond donors (Lipinski definition) is 3. The highest BCUT2D eigenvalue weighted by molar-refractivity contribution is 5.94. The number of nitrogens with two attached hydrogens (primary N) is 1. The standard InChI is InChI=1S/C19H20FN3O/c1-11-3-8-16(20)18-17(11)15(12(2)23-18)9-10-22-19(24)13-4-6-14(21)7-5-13/h3-8,23H,9-10,21H2,1-2H3,(H,22,24). The Labute approximate surface area is 139 Å². The molecule has 0 bridgehead atoms. The number of aryl methyl sites for hydroxylation is 2. The van der Waals surface area contributed by atoms with Gasteiger partial charge in [-0.15, -0.1) is 0 Å². The molecule has 5 heteroatoms. The highest BCUT2D eigenvalue weighted by Gasteiger charge is 2.14. The number of rotatable bonds is 4. The molecule has 0 aliphatic rings. The SMILES string of the molecule is Cc1[nH]c2c(F)ccc(C)c2c1CCNC(=O)c1ccc(N)cc1. The molecule has 3 aromatic rings. The van der Waals surface area contributed by atoms with E-state index in [0.717, 1.165) is 22.2 Å². The van der Waals surface area contributed by atoms with Gasteiger partial charge in [-0.25, -0.2) is 4.39 Å². The molecular formula is C19H20FN3O. The summed E-state index contributed by atoms with van der Waals surface area (Å²) < 4.78 is 14.0. The van der Waals surface area contributed by atoms with Gasteiger partial charge in [0.1, 0.15) is 5.82 Å². The van der Waals surface area contributed by atoms with E-state index in [4.69, 9.17) is 5.73 Å². The van der Waals surface area contributed by atoms with E-state index in [9.17, 15) is 9.18 Å². The molecule has 0 spiro atoms. The Bertz CT molecular complexity index is 897. The van der Waals surface area contributed by atoms with Crippen LogP contribution in [0.1, 0.15) is 27.2 Å². The van der Waals surface area contributed by atoms with Gasteiger partial charge in [0.2, 0.25) is 0 Å². The number of fused-ring (bicyclic) bond motifs is 1. The number of aromatic amines is 1. The summed E-state index contributed by atoms with van der Waals surface area (Å²) >= 11 is 0. The third kappa shape index (κ3) is 2.97. The zero-order chi connectivity index (χ0) is 17.3. The van der Waals surface area contributed by atoms with Gasteiger partial charge in [0.15, 0.2) is 0 Å². The van der Waals surface area contributed by atoms with Crippen LogP contribution in [0.5, 0.6) is 0 Å². The van der Waals surface area contributed by atoms with Gasteiger partial charge in [-0.05, 0) is 61.7 Å². The average molecular weight is 325 g/mol.